The molecular weight excluding hydrogens is 417 g/mol. The van der Waals surface area contributed by atoms with Crippen molar-refractivity contribution in [2.45, 2.75) is 32.7 Å². The Morgan fingerprint density at radius 1 is 1.00 bits per heavy atom. The van der Waals surface area contributed by atoms with Crippen LogP contribution in [-0.4, -0.2) is 32.6 Å². The second kappa shape index (κ2) is 9.11. The van der Waals surface area contributed by atoms with Gasteiger partial charge in [0.25, 0.3) is 0 Å². The summed E-state index contributed by atoms with van der Waals surface area (Å²) in [5.74, 6) is 0.469. The first-order valence-corrected chi connectivity index (χ1v) is 11.3. The Bertz CT molecular complexity index is 1260. The molecule has 0 saturated carbocycles. The predicted molar refractivity (Wildman–Crippen MR) is 125 cm³/mol. The highest BCUT2D eigenvalue weighted by molar-refractivity contribution is 5.77. The van der Waals surface area contributed by atoms with Crippen molar-refractivity contribution in [2.24, 2.45) is 0 Å². The molecule has 3 heterocycles. The summed E-state index contributed by atoms with van der Waals surface area (Å²) in [4.78, 5) is 13.9. The van der Waals surface area contributed by atoms with Crippen LogP contribution in [0.2, 0.25) is 0 Å². The van der Waals surface area contributed by atoms with Crippen LogP contribution in [0.4, 0.5) is 4.39 Å². The Morgan fingerprint density at radius 3 is 2.58 bits per heavy atom. The van der Waals surface area contributed by atoms with E-state index in [0.29, 0.717) is 6.04 Å². The van der Waals surface area contributed by atoms with Crippen molar-refractivity contribution in [1.82, 2.24) is 19.5 Å². The minimum absolute atomic E-state index is 0.270. The summed E-state index contributed by atoms with van der Waals surface area (Å²) in [5, 5.41) is 2.34. The van der Waals surface area contributed by atoms with E-state index in [9.17, 15) is 4.39 Å². The molecule has 6 nitrogen and oxygen atoms in total. The number of piperidine rings is 1. The van der Waals surface area contributed by atoms with Gasteiger partial charge in [-0.05, 0) is 61.4 Å². The first kappa shape index (κ1) is 21.3. The van der Waals surface area contributed by atoms with Gasteiger partial charge in [-0.25, -0.2) is 14.4 Å². The van der Waals surface area contributed by atoms with E-state index in [0.717, 1.165) is 65.5 Å². The molecule has 1 aliphatic rings. The monoisotopic (exact) mass is 444 g/mol. The third kappa shape index (κ3) is 4.36. The molecule has 1 fully saturated rings. The number of aromatic nitrogens is 4. The lowest BCUT2D eigenvalue weighted by molar-refractivity contribution is -0.664. The van der Waals surface area contributed by atoms with Crippen molar-refractivity contribution in [3.8, 4) is 34.4 Å². The van der Waals surface area contributed by atoms with Crippen LogP contribution < -0.4 is 10.1 Å². The fourth-order valence-corrected chi connectivity index (χ4v) is 4.35. The molecule has 0 radical (unpaired) electrons. The van der Waals surface area contributed by atoms with Gasteiger partial charge in [-0.3, -0.25) is 0 Å². The normalized spacial score (nSPS) is 14.4. The van der Waals surface area contributed by atoms with Crippen LogP contribution in [0, 0.1) is 19.7 Å². The molecule has 0 unspecified atom stereocenters. The molecule has 0 bridgehead atoms. The van der Waals surface area contributed by atoms with Gasteiger partial charge >= 0.3 is 6.01 Å². The van der Waals surface area contributed by atoms with Gasteiger partial charge < -0.3 is 14.6 Å². The molecule has 2 aromatic heterocycles. The van der Waals surface area contributed by atoms with Crippen molar-refractivity contribution in [3.63, 3.8) is 0 Å². The largest absolute Gasteiger partial charge is 0.424 e. The maximum absolute atomic E-state index is 13.6. The summed E-state index contributed by atoms with van der Waals surface area (Å²) in [6, 6.07) is 14.9. The van der Waals surface area contributed by atoms with Crippen LogP contribution in [0.1, 0.15) is 30.0 Å². The van der Waals surface area contributed by atoms with Crippen LogP contribution in [0.5, 0.6) is 11.8 Å². The zero-order valence-electron chi connectivity index (χ0n) is 18.8. The van der Waals surface area contributed by atoms with E-state index in [1.54, 1.807) is 18.3 Å². The fourth-order valence-electron chi connectivity index (χ4n) is 4.35. The number of hydrogen-bond donors (Lipinski definition) is 1. The number of benzene rings is 2. The minimum atomic E-state index is -0.270. The van der Waals surface area contributed by atoms with Gasteiger partial charge in [0, 0.05) is 30.6 Å². The van der Waals surface area contributed by atoms with Crippen LogP contribution in [0.3, 0.4) is 0 Å². The summed E-state index contributed by atoms with van der Waals surface area (Å²) in [5.41, 5.74) is 5.47. The second-order valence-electron chi connectivity index (χ2n) is 8.48. The van der Waals surface area contributed by atoms with E-state index in [2.05, 4.69) is 27.9 Å². The van der Waals surface area contributed by atoms with Crippen LogP contribution >= 0.6 is 0 Å². The Morgan fingerprint density at radius 2 is 1.79 bits per heavy atom. The average Bonchev–Trinajstić information content (AvgIpc) is 3.28. The molecule has 7 heteroatoms. The summed E-state index contributed by atoms with van der Waals surface area (Å²) in [6.45, 7) is 6.24. The number of ether oxygens (including phenoxy) is 1. The zero-order chi connectivity index (χ0) is 22.8. The topological polar surface area (TPSA) is 69.4 Å². The number of nitrogens with zero attached hydrogens (tertiary/aromatic N) is 4. The summed E-state index contributed by atoms with van der Waals surface area (Å²) in [6.07, 6.45) is 5.72. The Kier molecular flexibility index (Phi) is 5.88. The molecule has 1 saturated heterocycles. The van der Waals surface area contributed by atoms with Crippen molar-refractivity contribution >= 4 is 0 Å². The molecule has 0 atom stereocenters. The summed E-state index contributed by atoms with van der Waals surface area (Å²) >= 11 is 0. The number of halogens is 1. The molecule has 1 aliphatic heterocycles. The van der Waals surface area contributed by atoms with E-state index >= 15 is 0 Å². The highest BCUT2D eigenvalue weighted by Crippen LogP contribution is 2.35. The smallest absolute Gasteiger partial charge is 0.322 e. The zero-order valence-corrected chi connectivity index (χ0v) is 18.8. The van der Waals surface area contributed by atoms with Gasteiger partial charge in [-0.2, -0.15) is 4.98 Å². The quantitative estimate of drug-likeness (QED) is 0.494. The summed E-state index contributed by atoms with van der Waals surface area (Å²) in [7, 11) is 0. The second-order valence-corrected chi connectivity index (χ2v) is 8.48. The van der Waals surface area contributed by atoms with Crippen LogP contribution in [-0.2, 0) is 0 Å². The minimum Gasteiger partial charge on any atom is -0.424 e. The lowest BCUT2D eigenvalue weighted by atomic mass is 10.0. The highest BCUT2D eigenvalue weighted by atomic mass is 19.1. The predicted octanol–water partition coefficient (Wildman–Crippen LogP) is 4.45. The molecule has 4 aromatic rings. The molecule has 2 aromatic carbocycles. The van der Waals surface area contributed by atoms with Gasteiger partial charge in [0.2, 0.25) is 0 Å². The first-order valence-electron chi connectivity index (χ1n) is 11.3. The van der Waals surface area contributed by atoms with Gasteiger partial charge in [-0.15, -0.1) is 0 Å². The van der Waals surface area contributed by atoms with E-state index in [1.807, 2.05) is 31.5 Å². The Labute approximate surface area is 192 Å². The summed E-state index contributed by atoms with van der Waals surface area (Å²) < 4.78 is 21.9. The average molecular weight is 445 g/mol. The van der Waals surface area contributed by atoms with E-state index in [1.165, 1.54) is 12.1 Å². The van der Waals surface area contributed by atoms with Crippen molar-refractivity contribution < 1.29 is 14.4 Å². The fraction of sp³-hybridized carbons (Fsp3) is 0.269. The highest BCUT2D eigenvalue weighted by Gasteiger charge is 2.25. The molecule has 0 amide bonds. The number of aryl methyl sites for hydroxylation is 1. The number of hydrogen-bond acceptors (Lipinski definition) is 4. The molecule has 168 valence electrons. The first-order chi connectivity index (χ1) is 16.1. The maximum Gasteiger partial charge on any atom is 0.322 e. The van der Waals surface area contributed by atoms with E-state index in [4.69, 9.17) is 14.7 Å². The van der Waals surface area contributed by atoms with Gasteiger partial charge in [0.05, 0.1) is 36.5 Å². The van der Waals surface area contributed by atoms with Crippen molar-refractivity contribution in [2.75, 3.05) is 13.1 Å². The van der Waals surface area contributed by atoms with Gasteiger partial charge in [0.1, 0.15) is 11.6 Å². The van der Waals surface area contributed by atoms with Crippen molar-refractivity contribution in [1.29, 1.82) is 0 Å². The molecule has 5 rings (SSSR count). The maximum atomic E-state index is 13.6. The Hall–Kier alpha value is -3.58. The number of imidazole rings is 1. The molecular formula is C26H27FN5O+. The number of rotatable bonds is 5. The number of nitrogens with two attached hydrogens (primary N) is 1. The molecule has 33 heavy (non-hydrogen) atoms. The third-order valence-corrected chi connectivity index (χ3v) is 6.35. The van der Waals surface area contributed by atoms with Gasteiger partial charge in [0.15, 0.2) is 0 Å². The van der Waals surface area contributed by atoms with Gasteiger partial charge in [-0.1, -0.05) is 12.1 Å². The van der Waals surface area contributed by atoms with Crippen molar-refractivity contribution in [3.05, 3.63) is 78.0 Å². The lowest BCUT2D eigenvalue weighted by Crippen LogP contribution is -2.86. The van der Waals surface area contributed by atoms with Crippen LogP contribution in [0.25, 0.3) is 22.6 Å². The SMILES string of the molecule is Cc1cccc(Oc2nccc(-c3c(-c4ccc(F)cc4)ncn3C3CC[NH2+]CC3)n2)c1C. The van der Waals surface area contributed by atoms with E-state index in [-0.39, 0.29) is 11.8 Å². The molecule has 0 aliphatic carbocycles. The standard InChI is InChI=1S/C26H26FN5O/c1-17-4-3-5-23(18(17)2)33-26-29-15-12-22(31-26)25-24(19-6-8-20(27)9-7-19)30-16-32(25)21-10-13-28-14-11-21/h3-9,12,15-16,21,28H,10-11,13-14H2,1-2H3/p+1. The van der Waals surface area contributed by atoms with Crippen LogP contribution in [0.15, 0.2) is 61.1 Å². The third-order valence-electron chi connectivity index (χ3n) is 6.35. The molecule has 0 spiro atoms. The molecule has 2 N–H and O–H groups in total. The Balaban J connectivity index is 1.58. The number of quaternary nitrogens is 1. The van der Waals surface area contributed by atoms with E-state index < -0.39 is 0 Å². The lowest BCUT2D eigenvalue weighted by Gasteiger charge is -2.24.